The highest BCUT2D eigenvalue weighted by molar-refractivity contribution is 5.86. The summed E-state index contributed by atoms with van der Waals surface area (Å²) in [5, 5.41) is 15.6. The number of ether oxygens (including phenoxy) is 1. The molecule has 4 aromatic rings. The first kappa shape index (κ1) is 26.2. The maximum atomic E-state index is 13.3. The van der Waals surface area contributed by atoms with Gasteiger partial charge in [-0.2, -0.15) is 0 Å². The van der Waals surface area contributed by atoms with E-state index < -0.39 is 18.2 Å². The van der Waals surface area contributed by atoms with Gasteiger partial charge >= 0.3 is 6.09 Å². The van der Waals surface area contributed by atoms with Gasteiger partial charge in [-0.1, -0.05) is 109 Å². The largest absolute Gasteiger partial charge is 0.449 e. The smallest absolute Gasteiger partial charge is 0.407 e. The molecule has 3 N–H and O–H groups in total. The van der Waals surface area contributed by atoms with Crippen LogP contribution in [0.3, 0.4) is 0 Å². The molecule has 0 radical (unpaired) electrons. The molecule has 0 heterocycles. The predicted octanol–water partition coefficient (Wildman–Crippen LogP) is 4.86. The van der Waals surface area contributed by atoms with Gasteiger partial charge < -0.3 is 20.5 Å². The Morgan fingerprint density at radius 1 is 0.692 bits per heavy atom. The zero-order chi connectivity index (χ0) is 27.0. The fourth-order valence-electron chi connectivity index (χ4n) is 5.20. The van der Waals surface area contributed by atoms with Crippen LogP contribution >= 0.6 is 0 Å². The summed E-state index contributed by atoms with van der Waals surface area (Å²) in [5.74, 6) is -0.448. The zero-order valence-electron chi connectivity index (χ0n) is 21.6. The molecular formula is C33H32N2O4. The van der Waals surface area contributed by atoms with Crippen molar-refractivity contribution in [1.82, 2.24) is 10.6 Å². The summed E-state index contributed by atoms with van der Waals surface area (Å²) < 4.78 is 5.71. The summed E-state index contributed by atoms with van der Waals surface area (Å²) in [6, 6.07) is 34.1. The van der Waals surface area contributed by atoms with E-state index in [1.807, 2.05) is 84.9 Å². The van der Waals surface area contributed by atoms with Crippen LogP contribution in [0.1, 0.15) is 28.2 Å². The highest BCUT2D eigenvalue weighted by Crippen LogP contribution is 2.44. The second-order valence-electron chi connectivity index (χ2n) is 9.79. The van der Waals surface area contributed by atoms with Crippen LogP contribution in [-0.2, 0) is 22.4 Å². The summed E-state index contributed by atoms with van der Waals surface area (Å²) in [7, 11) is 0. The first-order chi connectivity index (χ1) is 19.1. The lowest BCUT2D eigenvalue weighted by Gasteiger charge is -2.23. The van der Waals surface area contributed by atoms with Crippen molar-refractivity contribution in [2.24, 2.45) is 0 Å². The Kier molecular flexibility index (Phi) is 8.34. The number of nitrogens with one attached hydrogen (secondary N) is 2. The highest BCUT2D eigenvalue weighted by Gasteiger charge is 2.30. The van der Waals surface area contributed by atoms with Gasteiger partial charge in [0, 0.05) is 12.3 Å². The number of benzene rings is 4. The molecule has 0 saturated carbocycles. The van der Waals surface area contributed by atoms with Crippen LogP contribution in [0.4, 0.5) is 4.79 Å². The number of aliphatic hydroxyl groups is 1. The molecule has 0 aliphatic heterocycles. The van der Waals surface area contributed by atoms with Crippen LogP contribution in [0, 0.1) is 0 Å². The third-order valence-corrected chi connectivity index (χ3v) is 7.13. The van der Waals surface area contributed by atoms with Crippen molar-refractivity contribution in [1.29, 1.82) is 0 Å². The maximum absolute atomic E-state index is 13.3. The zero-order valence-corrected chi connectivity index (χ0v) is 21.6. The Balaban J connectivity index is 1.26. The fraction of sp³-hybridized carbons (Fsp3) is 0.212. The van der Waals surface area contributed by atoms with Crippen molar-refractivity contribution >= 4 is 12.0 Å². The molecule has 6 nitrogen and oxygen atoms in total. The SMILES string of the molecule is O=C(N[C@@H](Cc1ccccc1)C(=O)N[C@H](CO)Cc1ccccc1)OCC1c2ccccc2-c2ccccc21. The summed E-state index contributed by atoms with van der Waals surface area (Å²) in [6.07, 6.45) is 0.114. The van der Waals surface area contributed by atoms with Crippen LogP contribution in [0.2, 0.25) is 0 Å². The third-order valence-electron chi connectivity index (χ3n) is 7.13. The standard InChI is InChI=1S/C33H32N2O4/c36-21-25(19-23-11-3-1-4-12-23)34-32(37)31(20-24-13-5-2-6-14-24)35-33(38)39-22-30-28-17-9-7-15-26(28)27-16-8-10-18-29(27)30/h1-18,25,30-31,36H,19-22H2,(H,34,37)(H,35,38)/t25-,31-/m0/s1. The number of rotatable bonds is 10. The quantitative estimate of drug-likeness (QED) is 0.279. The van der Waals surface area contributed by atoms with E-state index in [0.717, 1.165) is 33.4 Å². The summed E-state index contributed by atoms with van der Waals surface area (Å²) >= 11 is 0. The molecule has 198 valence electrons. The Labute approximate surface area is 228 Å². The molecule has 0 aromatic heterocycles. The van der Waals surface area contributed by atoms with E-state index in [2.05, 4.69) is 34.9 Å². The minimum atomic E-state index is -0.868. The molecule has 0 saturated heterocycles. The van der Waals surface area contributed by atoms with E-state index in [0.29, 0.717) is 12.8 Å². The van der Waals surface area contributed by atoms with Crippen molar-refractivity contribution in [2.45, 2.75) is 30.8 Å². The lowest BCUT2D eigenvalue weighted by atomic mass is 9.98. The average molecular weight is 521 g/mol. The monoisotopic (exact) mass is 520 g/mol. The van der Waals surface area contributed by atoms with E-state index in [1.54, 1.807) is 0 Å². The first-order valence-corrected chi connectivity index (χ1v) is 13.2. The fourth-order valence-corrected chi connectivity index (χ4v) is 5.20. The summed E-state index contributed by atoms with van der Waals surface area (Å²) in [5.41, 5.74) is 6.45. The number of hydrogen-bond donors (Lipinski definition) is 3. The van der Waals surface area contributed by atoms with Gasteiger partial charge in [0.25, 0.3) is 0 Å². The minimum Gasteiger partial charge on any atom is -0.449 e. The number of carbonyl (C=O) groups excluding carboxylic acids is 2. The second kappa shape index (κ2) is 12.4. The molecule has 2 amide bonds. The first-order valence-electron chi connectivity index (χ1n) is 13.2. The van der Waals surface area contributed by atoms with Crippen molar-refractivity contribution in [3.63, 3.8) is 0 Å². The van der Waals surface area contributed by atoms with Crippen LogP contribution in [0.25, 0.3) is 11.1 Å². The molecule has 0 unspecified atom stereocenters. The number of hydrogen-bond acceptors (Lipinski definition) is 4. The molecule has 0 spiro atoms. The van der Waals surface area contributed by atoms with Gasteiger partial charge in [0.1, 0.15) is 12.6 Å². The summed E-state index contributed by atoms with van der Waals surface area (Å²) in [4.78, 5) is 26.4. The van der Waals surface area contributed by atoms with E-state index in [4.69, 9.17) is 4.74 Å². The van der Waals surface area contributed by atoms with Gasteiger partial charge in [-0.25, -0.2) is 4.79 Å². The number of fused-ring (bicyclic) bond motifs is 3. The highest BCUT2D eigenvalue weighted by atomic mass is 16.5. The molecule has 1 aliphatic rings. The van der Waals surface area contributed by atoms with Gasteiger partial charge in [0.05, 0.1) is 12.6 Å². The van der Waals surface area contributed by atoms with E-state index >= 15 is 0 Å². The summed E-state index contributed by atoms with van der Waals surface area (Å²) in [6.45, 7) is -0.0591. The van der Waals surface area contributed by atoms with Gasteiger partial charge in [0.2, 0.25) is 5.91 Å². The Hall–Kier alpha value is -4.42. The average Bonchev–Trinajstić information content (AvgIpc) is 3.30. The van der Waals surface area contributed by atoms with Crippen LogP contribution in [0.15, 0.2) is 109 Å². The molecule has 5 rings (SSSR count). The van der Waals surface area contributed by atoms with Gasteiger partial charge in [-0.15, -0.1) is 0 Å². The topological polar surface area (TPSA) is 87.7 Å². The number of aliphatic hydroxyl groups excluding tert-OH is 1. The molecule has 4 aromatic carbocycles. The maximum Gasteiger partial charge on any atom is 0.407 e. The van der Waals surface area contributed by atoms with Crippen LogP contribution in [0.5, 0.6) is 0 Å². The lowest BCUT2D eigenvalue weighted by molar-refractivity contribution is -0.124. The van der Waals surface area contributed by atoms with E-state index in [1.165, 1.54) is 0 Å². The predicted molar refractivity (Wildman–Crippen MR) is 151 cm³/mol. The lowest BCUT2D eigenvalue weighted by Crippen LogP contribution is -2.52. The normalized spacial score (nSPS) is 13.6. The van der Waals surface area contributed by atoms with E-state index in [-0.39, 0.29) is 25.0 Å². The third kappa shape index (κ3) is 6.36. The molecule has 1 aliphatic carbocycles. The number of alkyl carbamates (subject to hydrolysis) is 1. The van der Waals surface area contributed by atoms with Crippen molar-refractivity contribution < 1.29 is 19.4 Å². The van der Waals surface area contributed by atoms with Crippen molar-refractivity contribution in [3.8, 4) is 11.1 Å². The van der Waals surface area contributed by atoms with Gasteiger partial charge in [-0.05, 0) is 39.8 Å². The minimum absolute atomic E-state index is 0.0748. The van der Waals surface area contributed by atoms with Crippen molar-refractivity contribution in [3.05, 3.63) is 131 Å². The number of carbonyl (C=O) groups is 2. The van der Waals surface area contributed by atoms with Gasteiger partial charge in [0.15, 0.2) is 0 Å². The molecule has 6 heteroatoms. The van der Waals surface area contributed by atoms with Gasteiger partial charge in [-0.3, -0.25) is 4.79 Å². The number of amides is 2. The Bertz CT molecular complexity index is 1360. The second-order valence-corrected chi connectivity index (χ2v) is 9.79. The molecule has 0 bridgehead atoms. The van der Waals surface area contributed by atoms with E-state index in [9.17, 15) is 14.7 Å². The Morgan fingerprint density at radius 2 is 1.21 bits per heavy atom. The van der Waals surface area contributed by atoms with Crippen LogP contribution in [-0.4, -0.2) is 42.4 Å². The molecule has 0 fully saturated rings. The van der Waals surface area contributed by atoms with Crippen LogP contribution < -0.4 is 10.6 Å². The molecule has 2 atom stereocenters. The molecule has 39 heavy (non-hydrogen) atoms. The molecular weight excluding hydrogens is 488 g/mol. The Morgan fingerprint density at radius 3 is 1.77 bits per heavy atom. The van der Waals surface area contributed by atoms with Crippen molar-refractivity contribution in [2.75, 3.05) is 13.2 Å².